The summed E-state index contributed by atoms with van der Waals surface area (Å²) in [7, 11) is -3.37. The highest BCUT2D eigenvalue weighted by atomic mass is 32.2. The van der Waals surface area contributed by atoms with E-state index in [1.54, 1.807) is 39.4 Å². The number of rotatable bonds is 4. The molecule has 1 aliphatic heterocycles. The Labute approximate surface area is 170 Å². The number of aromatic amines is 1. The SMILES string of the molecule is CCC1(n2cc(-c3c(C#N)cnc4[nH]ccc34)cn2)CN(S(=O)(=O)C(C)(C)C)C1. The fourth-order valence-corrected chi connectivity index (χ4v) is 5.41. The number of fused-ring (bicyclic) bond motifs is 1. The zero-order valence-electron chi connectivity index (χ0n) is 17.0. The van der Waals surface area contributed by atoms with Crippen LogP contribution in [0.2, 0.25) is 0 Å². The van der Waals surface area contributed by atoms with Gasteiger partial charge in [-0.1, -0.05) is 6.92 Å². The first-order valence-corrected chi connectivity index (χ1v) is 11.0. The molecule has 0 amide bonds. The van der Waals surface area contributed by atoms with Gasteiger partial charge in [0.2, 0.25) is 10.0 Å². The topological polar surface area (TPSA) is 108 Å². The van der Waals surface area contributed by atoms with Gasteiger partial charge in [0.05, 0.1) is 22.0 Å². The molecule has 152 valence electrons. The second-order valence-corrected chi connectivity index (χ2v) is 11.2. The molecular weight excluding hydrogens is 388 g/mol. The normalized spacial score (nSPS) is 17.2. The van der Waals surface area contributed by atoms with Crippen molar-refractivity contribution in [3.63, 3.8) is 0 Å². The molecule has 1 N–H and O–H groups in total. The van der Waals surface area contributed by atoms with E-state index in [-0.39, 0.29) is 5.54 Å². The van der Waals surface area contributed by atoms with E-state index < -0.39 is 14.8 Å². The number of sulfonamides is 1. The highest BCUT2D eigenvalue weighted by Gasteiger charge is 2.51. The lowest BCUT2D eigenvalue weighted by Crippen LogP contribution is -2.66. The van der Waals surface area contributed by atoms with E-state index in [0.29, 0.717) is 24.3 Å². The number of pyridine rings is 1. The third kappa shape index (κ3) is 2.86. The van der Waals surface area contributed by atoms with Crippen molar-refractivity contribution in [3.05, 3.63) is 36.4 Å². The summed E-state index contributed by atoms with van der Waals surface area (Å²) in [6, 6.07) is 4.10. The molecule has 0 aromatic carbocycles. The van der Waals surface area contributed by atoms with Gasteiger partial charge in [-0.3, -0.25) is 4.68 Å². The molecule has 8 nitrogen and oxygen atoms in total. The van der Waals surface area contributed by atoms with E-state index in [1.165, 1.54) is 4.31 Å². The van der Waals surface area contributed by atoms with Gasteiger partial charge in [-0.15, -0.1) is 0 Å². The van der Waals surface area contributed by atoms with Gasteiger partial charge in [0, 0.05) is 48.2 Å². The lowest BCUT2D eigenvalue weighted by atomic mass is 9.89. The molecule has 1 aliphatic rings. The molecule has 9 heteroatoms. The Morgan fingerprint density at radius 3 is 2.66 bits per heavy atom. The minimum atomic E-state index is -3.37. The van der Waals surface area contributed by atoms with Gasteiger partial charge in [-0.2, -0.15) is 14.7 Å². The Kier molecular flexibility index (Phi) is 4.33. The second kappa shape index (κ2) is 6.40. The van der Waals surface area contributed by atoms with Crippen LogP contribution >= 0.6 is 0 Å². The van der Waals surface area contributed by atoms with Crippen molar-refractivity contribution >= 4 is 21.1 Å². The summed E-state index contributed by atoms with van der Waals surface area (Å²) in [5.74, 6) is 0. The number of nitrogens with one attached hydrogen (secondary N) is 1. The molecule has 29 heavy (non-hydrogen) atoms. The van der Waals surface area contributed by atoms with E-state index in [1.807, 2.05) is 23.9 Å². The molecule has 0 atom stereocenters. The van der Waals surface area contributed by atoms with Crippen molar-refractivity contribution < 1.29 is 8.42 Å². The maximum absolute atomic E-state index is 12.7. The molecule has 0 saturated carbocycles. The standard InChI is InChI=1S/C20H24N6O2S/c1-5-20(12-25(13-20)29(27,28)19(2,3)4)26-11-15(10-24-26)17-14(8-21)9-23-18-16(17)6-7-22-18/h6-7,9-11H,5,12-13H2,1-4H3,(H,22,23). The molecular formula is C20H24N6O2S. The largest absolute Gasteiger partial charge is 0.346 e. The molecule has 3 aromatic heterocycles. The zero-order chi connectivity index (χ0) is 21.0. The van der Waals surface area contributed by atoms with Crippen LogP contribution in [0.25, 0.3) is 22.2 Å². The van der Waals surface area contributed by atoms with E-state index in [2.05, 4.69) is 21.1 Å². The lowest BCUT2D eigenvalue weighted by molar-refractivity contribution is 0.0615. The number of nitriles is 1. The molecule has 3 aromatic rings. The smallest absolute Gasteiger partial charge is 0.219 e. The summed E-state index contributed by atoms with van der Waals surface area (Å²) < 4.78 is 28.1. The third-order valence-electron chi connectivity index (χ3n) is 5.78. The number of nitrogens with zero attached hydrogens (tertiary/aromatic N) is 5. The molecule has 0 bridgehead atoms. The van der Waals surface area contributed by atoms with Crippen molar-refractivity contribution in [2.24, 2.45) is 0 Å². The first-order chi connectivity index (χ1) is 13.6. The number of H-pyrrole nitrogens is 1. The molecule has 1 fully saturated rings. The molecule has 4 heterocycles. The Morgan fingerprint density at radius 1 is 1.31 bits per heavy atom. The highest BCUT2D eigenvalue weighted by Crippen LogP contribution is 2.39. The molecule has 0 unspecified atom stereocenters. The molecule has 0 spiro atoms. The van der Waals surface area contributed by atoms with Crippen LogP contribution in [0.1, 0.15) is 39.7 Å². The van der Waals surface area contributed by atoms with Crippen LogP contribution in [0, 0.1) is 11.3 Å². The first-order valence-electron chi connectivity index (χ1n) is 9.54. The number of hydrogen-bond donors (Lipinski definition) is 1. The average molecular weight is 413 g/mol. The summed E-state index contributed by atoms with van der Waals surface area (Å²) in [4.78, 5) is 7.35. The van der Waals surface area contributed by atoms with E-state index in [0.717, 1.165) is 22.9 Å². The van der Waals surface area contributed by atoms with Crippen LogP contribution < -0.4 is 0 Å². The predicted molar refractivity (Wildman–Crippen MR) is 111 cm³/mol. The van der Waals surface area contributed by atoms with Crippen LogP contribution in [-0.4, -0.2) is 50.3 Å². The fourth-order valence-electron chi connectivity index (χ4n) is 3.81. The molecule has 0 aliphatic carbocycles. The molecule has 0 radical (unpaired) electrons. The van der Waals surface area contributed by atoms with Gasteiger partial charge in [-0.25, -0.2) is 13.4 Å². The number of hydrogen-bond acceptors (Lipinski definition) is 5. The summed E-state index contributed by atoms with van der Waals surface area (Å²) in [6.07, 6.45) is 7.75. The summed E-state index contributed by atoms with van der Waals surface area (Å²) in [6.45, 7) is 7.98. The quantitative estimate of drug-likeness (QED) is 0.709. The Morgan fingerprint density at radius 2 is 2.03 bits per heavy atom. The summed E-state index contributed by atoms with van der Waals surface area (Å²) in [5, 5.41) is 15.0. The summed E-state index contributed by atoms with van der Waals surface area (Å²) >= 11 is 0. The van der Waals surface area contributed by atoms with Crippen molar-refractivity contribution in [2.45, 2.75) is 44.4 Å². The Hall–Kier alpha value is -2.70. The van der Waals surface area contributed by atoms with E-state index in [9.17, 15) is 13.7 Å². The molecule has 1 saturated heterocycles. The van der Waals surface area contributed by atoms with Gasteiger partial charge in [0.1, 0.15) is 11.7 Å². The summed E-state index contributed by atoms with van der Waals surface area (Å²) in [5.41, 5.74) is 2.41. The van der Waals surface area contributed by atoms with Crippen molar-refractivity contribution in [1.29, 1.82) is 5.26 Å². The fraction of sp³-hybridized carbons (Fsp3) is 0.450. The monoisotopic (exact) mass is 412 g/mol. The first kappa shape index (κ1) is 19.6. The highest BCUT2D eigenvalue weighted by molar-refractivity contribution is 7.90. The van der Waals surface area contributed by atoms with Crippen LogP contribution in [0.4, 0.5) is 0 Å². The maximum atomic E-state index is 12.7. The van der Waals surface area contributed by atoms with Gasteiger partial charge in [-0.05, 0) is 33.3 Å². The van der Waals surface area contributed by atoms with Crippen LogP contribution in [-0.2, 0) is 15.6 Å². The van der Waals surface area contributed by atoms with Crippen molar-refractivity contribution in [1.82, 2.24) is 24.1 Å². The average Bonchev–Trinajstić information content (AvgIpc) is 3.29. The third-order valence-corrected chi connectivity index (χ3v) is 8.26. The minimum Gasteiger partial charge on any atom is -0.346 e. The second-order valence-electron chi connectivity index (χ2n) is 8.54. The van der Waals surface area contributed by atoms with Crippen molar-refractivity contribution in [3.8, 4) is 17.2 Å². The maximum Gasteiger partial charge on any atom is 0.219 e. The van der Waals surface area contributed by atoms with Gasteiger partial charge < -0.3 is 4.98 Å². The number of aromatic nitrogens is 4. The van der Waals surface area contributed by atoms with Crippen LogP contribution in [0.3, 0.4) is 0 Å². The van der Waals surface area contributed by atoms with Gasteiger partial charge in [0.25, 0.3) is 0 Å². The predicted octanol–water partition coefficient (Wildman–Crippen LogP) is 2.85. The Balaban J connectivity index is 1.71. The van der Waals surface area contributed by atoms with Crippen molar-refractivity contribution in [2.75, 3.05) is 13.1 Å². The van der Waals surface area contributed by atoms with Crippen LogP contribution in [0.5, 0.6) is 0 Å². The zero-order valence-corrected chi connectivity index (χ0v) is 17.8. The van der Waals surface area contributed by atoms with Gasteiger partial charge in [0.15, 0.2) is 0 Å². The van der Waals surface area contributed by atoms with Crippen LogP contribution in [0.15, 0.2) is 30.9 Å². The Bertz CT molecular complexity index is 1220. The van der Waals surface area contributed by atoms with E-state index in [4.69, 9.17) is 0 Å². The minimum absolute atomic E-state index is 0.381. The lowest BCUT2D eigenvalue weighted by Gasteiger charge is -2.50. The van der Waals surface area contributed by atoms with Gasteiger partial charge >= 0.3 is 0 Å². The van der Waals surface area contributed by atoms with E-state index >= 15 is 0 Å². The molecule has 4 rings (SSSR count).